The minimum Gasteiger partial charge on any atom is -0.468 e. The summed E-state index contributed by atoms with van der Waals surface area (Å²) in [5, 5.41) is 2.56. The van der Waals surface area contributed by atoms with Gasteiger partial charge in [-0.25, -0.2) is 0 Å². The number of ether oxygens (including phenoxy) is 1. The van der Waals surface area contributed by atoms with Crippen LogP contribution in [-0.4, -0.2) is 37.0 Å². The van der Waals surface area contributed by atoms with E-state index < -0.39 is 5.97 Å². The van der Waals surface area contributed by atoms with Crippen LogP contribution in [0, 0.1) is 5.92 Å². The van der Waals surface area contributed by atoms with Crippen molar-refractivity contribution in [2.24, 2.45) is 5.92 Å². The van der Waals surface area contributed by atoms with Gasteiger partial charge < -0.3 is 10.1 Å². The Hall–Kier alpha value is -0.710. The van der Waals surface area contributed by atoms with Gasteiger partial charge in [-0.15, -0.1) is 0 Å². The zero-order valence-corrected chi connectivity index (χ0v) is 9.77. The number of thioether (sulfide) groups is 1. The summed E-state index contributed by atoms with van der Waals surface area (Å²) < 4.78 is 4.43. The van der Waals surface area contributed by atoms with E-state index in [4.69, 9.17) is 0 Å². The van der Waals surface area contributed by atoms with Gasteiger partial charge in [-0.05, 0) is 30.3 Å². The Bertz CT molecular complexity index is 227. The second-order valence-corrected chi connectivity index (χ2v) is 4.84. The first-order chi connectivity index (χ1) is 7.22. The molecule has 1 saturated heterocycles. The summed E-state index contributed by atoms with van der Waals surface area (Å²) in [5.74, 6) is 2.34. The zero-order valence-electron chi connectivity index (χ0n) is 8.95. The van der Waals surface area contributed by atoms with Gasteiger partial charge >= 0.3 is 5.97 Å². The SMILES string of the molecule is COC(=O)CNC(=O)CC1CCSCC1. The third-order valence-corrected chi connectivity index (χ3v) is 3.52. The highest BCUT2D eigenvalue weighted by Crippen LogP contribution is 2.24. The van der Waals surface area contributed by atoms with E-state index in [9.17, 15) is 9.59 Å². The molecule has 1 N–H and O–H groups in total. The van der Waals surface area contributed by atoms with Gasteiger partial charge in [0.2, 0.25) is 5.91 Å². The van der Waals surface area contributed by atoms with Crippen LogP contribution in [0.4, 0.5) is 0 Å². The van der Waals surface area contributed by atoms with E-state index in [1.165, 1.54) is 7.11 Å². The summed E-state index contributed by atoms with van der Waals surface area (Å²) in [5.41, 5.74) is 0. The highest BCUT2D eigenvalue weighted by Gasteiger charge is 2.17. The van der Waals surface area contributed by atoms with E-state index >= 15 is 0 Å². The molecular weight excluding hydrogens is 214 g/mol. The topological polar surface area (TPSA) is 55.4 Å². The maximum absolute atomic E-state index is 11.4. The molecule has 0 bridgehead atoms. The lowest BCUT2D eigenvalue weighted by Gasteiger charge is -2.20. The van der Waals surface area contributed by atoms with Crippen LogP contribution in [0.1, 0.15) is 19.3 Å². The first-order valence-corrected chi connectivity index (χ1v) is 6.29. The number of rotatable bonds is 4. The highest BCUT2D eigenvalue weighted by atomic mass is 32.2. The molecule has 86 valence electrons. The molecule has 0 spiro atoms. The van der Waals surface area contributed by atoms with Crippen LogP contribution in [-0.2, 0) is 14.3 Å². The molecule has 1 amide bonds. The zero-order chi connectivity index (χ0) is 11.1. The van der Waals surface area contributed by atoms with Crippen LogP contribution in [0.3, 0.4) is 0 Å². The molecular formula is C10H17NO3S. The van der Waals surface area contributed by atoms with E-state index in [-0.39, 0.29) is 12.5 Å². The Labute approximate surface area is 94.1 Å². The lowest BCUT2D eigenvalue weighted by molar-refractivity contribution is -0.141. The van der Waals surface area contributed by atoms with Crippen LogP contribution in [0.5, 0.6) is 0 Å². The average molecular weight is 231 g/mol. The van der Waals surface area contributed by atoms with Gasteiger partial charge in [-0.3, -0.25) is 9.59 Å². The van der Waals surface area contributed by atoms with Crippen LogP contribution < -0.4 is 5.32 Å². The van der Waals surface area contributed by atoms with Crippen molar-refractivity contribution in [1.82, 2.24) is 5.32 Å². The molecule has 0 atom stereocenters. The van der Waals surface area contributed by atoms with Crippen molar-refractivity contribution >= 4 is 23.6 Å². The summed E-state index contributed by atoms with van der Waals surface area (Å²) in [4.78, 5) is 22.2. The number of methoxy groups -OCH3 is 1. The van der Waals surface area contributed by atoms with Gasteiger partial charge in [-0.1, -0.05) is 0 Å². The fourth-order valence-electron chi connectivity index (χ4n) is 1.53. The maximum Gasteiger partial charge on any atom is 0.325 e. The van der Waals surface area contributed by atoms with Gasteiger partial charge in [-0.2, -0.15) is 11.8 Å². The van der Waals surface area contributed by atoms with E-state index in [0.717, 1.165) is 24.3 Å². The summed E-state index contributed by atoms with van der Waals surface area (Å²) in [6, 6.07) is 0. The highest BCUT2D eigenvalue weighted by molar-refractivity contribution is 7.99. The van der Waals surface area contributed by atoms with Crippen LogP contribution in [0.2, 0.25) is 0 Å². The lowest BCUT2D eigenvalue weighted by Crippen LogP contribution is -2.32. The molecule has 0 saturated carbocycles. The number of hydrogen-bond acceptors (Lipinski definition) is 4. The van der Waals surface area contributed by atoms with Gasteiger partial charge in [0.1, 0.15) is 6.54 Å². The smallest absolute Gasteiger partial charge is 0.325 e. The number of hydrogen-bond donors (Lipinski definition) is 1. The molecule has 0 aliphatic carbocycles. The summed E-state index contributed by atoms with van der Waals surface area (Å²) >= 11 is 1.94. The third kappa shape index (κ3) is 5.06. The second-order valence-electron chi connectivity index (χ2n) is 3.61. The molecule has 0 aromatic rings. The minimum absolute atomic E-state index is 0.0171. The van der Waals surface area contributed by atoms with Crippen LogP contribution in [0.15, 0.2) is 0 Å². The van der Waals surface area contributed by atoms with E-state index in [2.05, 4.69) is 10.1 Å². The Morgan fingerprint density at radius 3 is 2.67 bits per heavy atom. The predicted molar refractivity (Wildman–Crippen MR) is 59.7 cm³/mol. The summed E-state index contributed by atoms with van der Waals surface area (Å²) in [6.45, 7) is -0.0171. The predicted octanol–water partition coefficient (Wildman–Crippen LogP) is 0.809. The average Bonchev–Trinajstić information content (AvgIpc) is 2.27. The molecule has 4 nitrogen and oxygen atoms in total. The van der Waals surface area contributed by atoms with Crippen molar-refractivity contribution in [3.8, 4) is 0 Å². The minimum atomic E-state index is -0.400. The first kappa shape index (κ1) is 12.4. The molecule has 1 aliphatic heterocycles. The molecule has 1 fully saturated rings. The van der Waals surface area contributed by atoms with E-state index in [1.807, 2.05) is 11.8 Å². The fourth-order valence-corrected chi connectivity index (χ4v) is 2.73. The number of carbonyl (C=O) groups is 2. The number of amides is 1. The van der Waals surface area contributed by atoms with Crippen molar-refractivity contribution in [3.63, 3.8) is 0 Å². The maximum atomic E-state index is 11.4. The molecule has 15 heavy (non-hydrogen) atoms. The Kier molecular flexibility index (Phi) is 5.53. The Balaban J connectivity index is 2.14. The number of carbonyl (C=O) groups excluding carboxylic acids is 2. The summed E-state index contributed by atoms with van der Waals surface area (Å²) in [6.07, 6.45) is 2.75. The molecule has 5 heteroatoms. The first-order valence-electron chi connectivity index (χ1n) is 5.13. The van der Waals surface area contributed by atoms with Gasteiger partial charge in [0.05, 0.1) is 7.11 Å². The molecule has 0 radical (unpaired) electrons. The molecule has 0 unspecified atom stereocenters. The second kappa shape index (κ2) is 6.71. The van der Waals surface area contributed by atoms with Gasteiger partial charge in [0.25, 0.3) is 0 Å². The van der Waals surface area contributed by atoms with Crippen molar-refractivity contribution in [3.05, 3.63) is 0 Å². The van der Waals surface area contributed by atoms with Crippen molar-refractivity contribution in [1.29, 1.82) is 0 Å². The van der Waals surface area contributed by atoms with Crippen LogP contribution in [0.25, 0.3) is 0 Å². The number of esters is 1. The van der Waals surface area contributed by atoms with E-state index in [0.29, 0.717) is 12.3 Å². The molecule has 0 aromatic heterocycles. The monoisotopic (exact) mass is 231 g/mol. The molecule has 1 heterocycles. The van der Waals surface area contributed by atoms with E-state index in [1.54, 1.807) is 0 Å². The lowest BCUT2D eigenvalue weighted by atomic mass is 9.98. The number of nitrogens with one attached hydrogen (secondary N) is 1. The standard InChI is InChI=1S/C10H17NO3S/c1-14-10(13)7-11-9(12)6-8-2-4-15-5-3-8/h8H,2-7H2,1H3,(H,11,12). The van der Waals surface area contributed by atoms with Gasteiger partial charge in [0.15, 0.2) is 0 Å². The summed E-state index contributed by atoms with van der Waals surface area (Å²) in [7, 11) is 1.31. The molecule has 0 aromatic carbocycles. The Morgan fingerprint density at radius 2 is 2.07 bits per heavy atom. The third-order valence-electron chi connectivity index (χ3n) is 2.47. The van der Waals surface area contributed by atoms with Crippen LogP contribution >= 0.6 is 11.8 Å². The van der Waals surface area contributed by atoms with Gasteiger partial charge in [0, 0.05) is 6.42 Å². The quantitative estimate of drug-likeness (QED) is 0.727. The Morgan fingerprint density at radius 1 is 1.40 bits per heavy atom. The molecule has 1 aliphatic rings. The normalized spacial score (nSPS) is 17.1. The molecule has 1 rings (SSSR count). The van der Waals surface area contributed by atoms with Crippen molar-refractivity contribution in [2.75, 3.05) is 25.2 Å². The largest absolute Gasteiger partial charge is 0.468 e. The fraction of sp³-hybridized carbons (Fsp3) is 0.800. The van der Waals surface area contributed by atoms with Crippen molar-refractivity contribution in [2.45, 2.75) is 19.3 Å². The van der Waals surface area contributed by atoms with Crippen molar-refractivity contribution < 1.29 is 14.3 Å².